The third-order valence-corrected chi connectivity index (χ3v) is 22.3. The van der Waals surface area contributed by atoms with Crippen LogP contribution in [0.4, 0.5) is 0 Å². The third-order valence-electron chi connectivity index (χ3n) is 22.3. The van der Waals surface area contributed by atoms with Gasteiger partial charge in [0, 0.05) is 118 Å². The van der Waals surface area contributed by atoms with Gasteiger partial charge in [-0.05, 0) is 184 Å². The number of dihydropyridines is 1. The highest BCUT2D eigenvalue weighted by Gasteiger charge is 2.20. The first-order valence-corrected chi connectivity index (χ1v) is 45.4. The number of pyridine rings is 8. The maximum Gasteiger partial charge on any atom is 0.182 e. The van der Waals surface area contributed by atoms with Gasteiger partial charge in [0.15, 0.2) is 46.6 Å². The standard InChI is InChI=1S/2C24H19N.2C20H15N5.C18H17N.C14H11N5/c1-18-9-8-14-21(15-18)22-16-23(19-10-4-2-5-11-19)25-24(17-22)20-12-6-3-7-13-20;1-18-12-14-19(15-13-18)22-16-23(20-8-4-2-5-9-20)25-24(17-22)21-10-6-3-7-11-21;1-14-2-4-15(5-3-14)18-23-19(16-6-10-21-11-7-16)25-20(24-18)17-8-12-22-13-9-17;1-14-6-8-15(9-7-14)18-23-19(16-4-2-10-21-12-16)25-20(24-18)17-5-3-11-22-13-17;1-14-12-17(15-8-4-2-5-9-15)19-18(13-14)16-10-6-3-7-11-16;1-10-17-13(11-6-2-4-8-15-11)19-14(18-10)12-7-3-5-9-16-12/h2*2-17H,1H3;2*2-13H,1H3;2-12,18H,13H2,1H3;2-9H,1H3. The molecule has 138 heavy (non-hydrogen) atoms. The highest BCUT2D eigenvalue weighted by molar-refractivity contribution is 6.09. The van der Waals surface area contributed by atoms with Crippen LogP contribution in [0.2, 0.25) is 0 Å². The van der Waals surface area contributed by atoms with Crippen LogP contribution >= 0.6 is 0 Å². The summed E-state index contributed by atoms with van der Waals surface area (Å²) in [6, 6.07) is 131. The minimum absolute atomic E-state index is 0.251. The van der Waals surface area contributed by atoms with E-state index in [1.807, 2.05) is 159 Å². The summed E-state index contributed by atoms with van der Waals surface area (Å²) >= 11 is 0. The van der Waals surface area contributed by atoms with Crippen molar-refractivity contribution in [2.75, 3.05) is 0 Å². The first-order valence-electron chi connectivity index (χ1n) is 45.4. The summed E-state index contributed by atoms with van der Waals surface area (Å²) in [5.74, 6) is 5.50. The van der Waals surface area contributed by atoms with Gasteiger partial charge in [-0.25, -0.2) is 54.8 Å². The first kappa shape index (κ1) is 91.7. The van der Waals surface area contributed by atoms with Gasteiger partial charge in [-0.15, -0.1) is 0 Å². The average molecular weight is 1790 g/mol. The molecule has 1 unspecified atom stereocenters. The molecule has 18 heteroatoms. The summed E-state index contributed by atoms with van der Waals surface area (Å²) < 4.78 is 0. The van der Waals surface area contributed by atoms with Crippen LogP contribution in [0.1, 0.15) is 58.6 Å². The quantitative estimate of drug-likeness (QED) is 0.0875. The molecule has 1 aliphatic heterocycles. The Morgan fingerprint density at radius 3 is 0.884 bits per heavy atom. The molecule has 0 radical (unpaired) electrons. The van der Waals surface area contributed by atoms with E-state index in [4.69, 9.17) is 15.0 Å². The smallest absolute Gasteiger partial charge is 0.182 e. The molecule has 0 N–H and O–H groups in total. The molecular weight excluding hydrogens is 1690 g/mol. The molecular formula is C120H96N18. The Balaban J connectivity index is 0.000000115. The van der Waals surface area contributed by atoms with Gasteiger partial charge in [0.2, 0.25) is 0 Å². The summed E-state index contributed by atoms with van der Waals surface area (Å²) in [4.78, 5) is 80.6. The van der Waals surface area contributed by atoms with Crippen LogP contribution in [-0.4, -0.2) is 90.4 Å². The summed E-state index contributed by atoms with van der Waals surface area (Å²) in [5.41, 5.74) is 30.1. The van der Waals surface area contributed by atoms with Crippen LogP contribution in [0.25, 0.3) is 159 Å². The van der Waals surface area contributed by atoms with Crippen molar-refractivity contribution in [3.8, 4) is 159 Å². The van der Waals surface area contributed by atoms with Gasteiger partial charge in [0.25, 0.3) is 0 Å². The zero-order valence-corrected chi connectivity index (χ0v) is 77.1. The van der Waals surface area contributed by atoms with Crippen molar-refractivity contribution < 1.29 is 0 Å². The fraction of sp³-hybridized carbons (Fsp3) is 0.0667. The lowest BCUT2D eigenvalue weighted by Crippen LogP contribution is -2.09. The Hall–Kier alpha value is -18.2. The molecule has 10 aromatic carbocycles. The molecule has 18 nitrogen and oxygen atoms in total. The van der Waals surface area contributed by atoms with E-state index in [1.54, 1.807) is 62.0 Å². The molecule has 0 amide bonds. The average Bonchev–Trinajstić information content (AvgIpc) is 0.810. The van der Waals surface area contributed by atoms with Crippen molar-refractivity contribution in [1.29, 1.82) is 0 Å². The largest absolute Gasteiger partial charge is 0.276 e. The lowest BCUT2D eigenvalue weighted by atomic mass is 9.94. The topological polar surface area (TPSA) is 231 Å². The third kappa shape index (κ3) is 25.0. The molecule has 0 saturated carbocycles. The Bertz CT molecular complexity index is 6880. The van der Waals surface area contributed by atoms with E-state index in [0.29, 0.717) is 52.4 Å². The summed E-state index contributed by atoms with van der Waals surface area (Å²) in [6.07, 6.45) is 20.5. The SMILES string of the molecule is CC1=CC(c2ccccc2)=NC(c2ccccc2)C1.Cc1ccc(-c2cc(-c3ccccc3)nc(-c3ccccc3)c2)cc1.Cc1ccc(-c2nc(-c3cccnc3)nc(-c3cccnc3)n2)cc1.Cc1ccc(-c2nc(-c3ccncc3)nc(-c3ccncc3)n2)cc1.Cc1cccc(-c2cc(-c3ccccc3)nc(-c3ccccc3)c2)c1.Cc1nc(-c2ccccn2)nc(-c2ccccn2)n1. The molecule has 1 aliphatic rings. The molecule has 0 fully saturated rings. The van der Waals surface area contributed by atoms with Gasteiger partial charge < -0.3 is 0 Å². The molecule has 0 bridgehead atoms. The number of hydrogen-bond donors (Lipinski definition) is 0. The van der Waals surface area contributed by atoms with Crippen LogP contribution in [0, 0.1) is 34.6 Å². The van der Waals surface area contributed by atoms with Gasteiger partial charge in [-0.3, -0.25) is 34.9 Å². The van der Waals surface area contributed by atoms with E-state index >= 15 is 0 Å². The molecule has 1 atom stereocenters. The second-order valence-corrected chi connectivity index (χ2v) is 32.7. The number of benzene rings is 10. The van der Waals surface area contributed by atoms with E-state index < -0.39 is 0 Å². The lowest BCUT2D eigenvalue weighted by Gasteiger charge is -2.20. The van der Waals surface area contributed by atoms with Crippen LogP contribution < -0.4 is 0 Å². The molecule has 0 aliphatic carbocycles. The van der Waals surface area contributed by atoms with Crippen molar-refractivity contribution in [3.63, 3.8) is 0 Å². The Kier molecular flexibility index (Phi) is 30.4. The summed E-state index contributed by atoms with van der Waals surface area (Å²) in [5, 5.41) is 0. The number of nitrogens with zero attached hydrogens (tertiary/aromatic N) is 18. The fourth-order valence-corrected chi connectivity index (χ4v) is 15.1. The van der Waals surface area contributed by atoms with Crippen LogP contribution in [-0.2, 0) is 0 Å². The Morgan fingerprint density at radius 2 is 0.522 bits per heavy atom. The van der Waals surface area contributed by atoms with Crippen molar-refractivity contribution in [1.82, 2.24) is 84.7 Å². The van der Waals surface area contributed by atoms with Crippen LogP contribution in [0.5, 0.6) is 0 Å². The van der Waals surface area contributed by atoms with Gasteiger partial charge in [0.05, 0.1) is 34.5 Å². The van der Waals surface area contributed by atoms with E-state index in [2.05, 4.69) is 352 Å². The maximum atomic E-state index is 4.92. The number of rotatable bonds is 16. The van der Waals surface area contributed by atoms with Gasteiger partial charge >= 0.3 is 0 Å². The second kappa shape index (κ2) is 45.8. The molecule has 666 valence electrons. The second-order valence-electron chi connectivity index (χ2n) is 32.7. The minimum atomic E-state index is 0.251. The van der Waals surface area contributed by atoms with Gasteiger partial charge in [-0.2, -0.15) is 0 Å². The monoisotopic (exact) mass is 1790 g/mol. The van der Waals surface area contributed by atoms with Crippen molar-refractivity contribution >= 4 is 5.71 Å². The van der Waals surface area contributed by atoms with E-state index in [-0.39, 0.29) is 6.04 Å². The first-order chi connectivity index (χ1) is 67.8. The van der Waals surface area contributed by atoms with Crippen molar-refractivity contribution in [2.24, 2.45) is 4.99 Å². The molecule has 21 aromatic rings. The highest BCUT2D eigenvalue weighted by atomic mass is 15.1. The number of allylic oxidation sites excluding steroid dienone is 1. The number of aryl methyl sites for hydroxylation is 5. The van der Waals surface area contributed by atoms with Crippen LogP contribution in [0.3, 0.4) is 0 Å². The van der Waals surface area contributed by atoms with E-state index in [0.717, 1.165) is 102 Å². The maximum absolute atomic E-state index is 4.92. The Labute approximate surface area is 804 Å². The summed E-state index contributed by atoms with van der Waals surface area (Å²) in [7, 11) is 0. The molecule has 22 rings (SSSR count). The van der Waals surface area contributed by atoms with Crippen molar-refractivity contribution in [2.45, 2.75) is 54.0 Å². The fourth-order valence-electron chi connectivity index (χ4n) is 15.1. The van der Waals surface area contributed by atoms with Gasteiger partial charge in [0.1, 0.15) is 17.2 Å². The molecule has 11 aromatic heterocycles. The molecule has 0 spiro atoms. The summed E-state index contributed by atoms with van der Waals surface area (Å²) in [6.45, 7) is 12.4. The Morgan fingerprint density at radius 1 is 0.196 bits per heavy atom. The minimum Gasteiger partial charge on any atom is -0.276 e. The zero-order valence-electron chi connectivity index (χ0n) is 77.1. The van der Waals surface area contributed by atoms with Crippen LogP contribution in [0.15, 0.2) is 467 Å². The molecule has 12 heterocycles. The number of aromatic nitrogens is 17. The predicted molar refractivity (Wildman–Crippen MR) is 555 cm³/mol. The predicted octanol–water partition coefficient (Wildman–Crippen LogP) is 27.6. The van der Waals surface area contributed by atoms with Gasteiger partial charge in [-0.1, -0.05) is 319 Å². The zero-order chi connectivity index (χ0) is 94.4. The normalized spacial score (nSPS) is 11.7. The highest BCUT2D eigenvalue weighted by Crippen LogP contribution is 2.36. The van der Waals surface area contributed by atoms with Crippen molar-refractivity contribution in [3.05, 3.63) is 501 Å². The molecule has 0 saturated heterocycles. The lowest BCUT2D eigenvalue weighted by molar-refractivity contribution is 0.710. The number of aliphatic imine (C=N–C) groups is 1. The van der Waals surface area contributed by atoms with E-state index in [1.165, 1.54) is 61.2 Å². The number of hydrogen-bond acceptors (Lipinski definition) is 18. The van der Waals surface area contributed by atoms with E-state index in [9.17, 15) is 0 Å².